The van der Waals surface area contributed by atoms with Crippen molar-refractivity contribution in [3.8, 4) is 17.2 Å². The quantitative estimate of drug-likeness (QED) is 0.154. The molecule has 2 aliphatic heterocycles. The number of piperidine rings is 1. The van der Waals surface area contributed by atoms with Crippen LogP contribution in [0.4, 0.5) is 22.1 Å². The number of rotatable bonds is 11. The van der Waals surface area contributed by atoms with Crippen LogP contribution in [0, 0.1) is 0 Å². The van der Waals surface area contributed by atoms with Crippen LogP contribution in [-0.2, 0) is 19.5 Å². The van der Waals surface area contributed by atoms with Crippen molar-refractivity contribution in [2.75, 3.05) is 44.5 Å². The zero-order chi connectivity index (χ0) is 37.5. The average molecular weight is 753 g/mol. The molecule has 3 aliphatic rings. The summed E-state index contributed by atoms with van der Waals surface area (Å²) in [4.78, 5) is 14.6. The minimum atomic E-state index is -4.36. The lowest BCUT2D eigenvalue weighted by molar-refractivity contribution is -0.0409. The third-order valence-corrected chi connectivity index (χ3v) is 11.1. The molecule has 2 aromatic carbocycles. The number of aromatic nitrogens is 3. The molecule has 2 unspecified atom stereocenters. The van der Waals surface area contributed by atoms with E-state index in [1.807, 2.05) is 25.5 Å². The molecule has 4 heterocycles. The molecule has 15 nitrogen and oxygen atoms in total. The van der Waals surface area contributed by atoms with Crippen molar-refractivity contribution < 1.29 is 41.4 Å². The van der Waals surface area contributed by atoms with Gasteiger partial charge in [0, 0.05) is 36.9 Å². The lowest BCUT2D eigenvalue weighted by atomic mass is 9.95. The highest BCUT2D eigenvalue weighted by molar-refractivity contribution is 7.93. The third kappa shape index (κ3) is 7.70. The highest BCUT2D eigenvalue weighted by Crippen LogP contribution is 2.45. The van der Waals surface area contributed by atoms with Gasteiger partial charge in [-0.3, -0.25) is 4.72 Å². The Labute approximate surface area is 309 Å². The lowest BCUT2D eigenvalue weighted by Gasteiger charge is -2.37. The molecule has 2 N–H and O–H groups in total. The van der Waals surface area contributed by atoms with E-state index in [0.717, 1.165) is 57.2 Å². The molecule has 2 atom stereocenters. The maximum atomic E-state index is 14.1. The van der Waals surface area contributed by atoms with E-state index >= 15 is 0 Å². The standard InChI is InChI=1S/C37H48N6O9S/c1-37(2,3)51-36(44)42-15-9-7-11-26(42)23-17-30(48-5)34(31(18-23)49-6)53(45,46)41-35-24-19-29(47-4)25(20-28(24)52-40-35)38-32-21-27(22-13-14-22)43(39-32)33-12-8-10-16-50-33/h17-22,26,33H,7-16H2,1-6H3,(H,38,39)(H,40,41). The van der Waals surface area contributed by atoms with Crippen LogP contribution in [-0.4, -0.2) is 74.4 Å². The highest BCUT2D eigenvalue weighted by atomic mass is 32.2. The van der Waals surface area contributed by atoms with Crippen molar-refractivity contribution in [3.05, 3.63) is 41.6 Å². The van der Waals surface area contributed by atoms with Crippen molar-refractivity contribution in [3.63, 3.8) is 0 Å². The number of likely N-dealkylation sites (tertiary alicyclic amines) is 1. The summed E-state index contributed by atoms with van der Waals surface area (Å²) >= 11 is 0. The first kappa shape index (κ1) is 36.6. The topological polar surface area (TPSA) is 169 Å². The number of methoxy groups -OCH3 is 3. The Bertz CT molecular complexity index is 2050. The Morgan fingerprint density at radius 1 is 0.906 bits per heavy atom. The highest BCUT2D eigenvalue weighted by Gasteiger charge is 2.35. The molecule has 1 saturated carbocycles. The van der Waals surface area contributed by atoms with Crippen molar-refractivity contribution in [2.45, 2.75) is 101 Å². The molecule has 53 heavy (non-hydrogen) atoms. The Balaban J connectivity index is 1.16. The number of nitrogens with one attached hydrogen (secondary N) is 2. The molecule has 286 valence electrons. The third-order valence-electron chi connectivity index (χ3n) is 9.74. The fraction of sp³-hybridized carbons (Fsp3) is 0.541. The van der Waals surface area contributed by atoms with Crippen LogP contribution >= 0.6 is 0 Å². The summed E-state index contributed by atoms with van der Waals surface area (Å²) in [5.41, 5.74) is 2.04. The molecule has 3 fully saturated rings. The van der Waals surface area contributed by atoms with E-state index in [1.165, 1.54) is 21.3 Å². The Morgan fingerprint density at radius 3 is 2.26 bits per heavy atom. The molecule has 7 rings (SSSR count). The molecule has 0 spiro atoms. The fourth-order valence-electron chi connectivity index (χ4n) is 7.10. The summed E-state index contributed by atoms with van der Waals surface area (Å²) in [6.07, 6.45) is 7.18. The first-order chi connectivity index (χ1) is 25.4. The van der Waals surface area contributed by atoms with Gasteiger partial charge < -0.3 is 38.4 Å². The summed E-state index contributed by atoms with van der Waals surface area (Å²) < 4.78 is 67.2. The predicted molar refractivity (Wildman–Crippen MR) is 197 cm³/mol. The SMILES string of the molecule is COc1cc2c(NS(=O)(=O)c3c(OC)cc(C4CCCCN4C(=O)OC(C)(C)C)cc3OC)noc2cc1Nc1cc(C2CC2)n(C2CCCCO2)n1. The second-order valence-corrected chi connectivity index (χ2v) is 16.4. The van der Waals surface area contributed by atoms with Gasteiger partial charge in [0.25, 0.3) is 10.0 Å². The van der Waals surface area contributed by atoms with E-state index in [9.17, 15) is 13.2 Å². The molecule has 1 aliphatic carbocycles. The van der Waals surface area contributed by atoms with E-state index in [-0.39, 0.29) is 34.5 Å². The van der Waals surface area contributed by atoms with Gasteiger partial charge in [0.05, 0.1) is 38.4 Å². The van der Waals surface area contributed by atoms with Crippen LogP contribution in [0.15, 0.2) is 39.8 Å². The molecular formula is C37H48N6O9S. The van der Waals surface area contributed by atoms with Gasteiger partial charge in [-0.1, -0.05) is 5.16 Å². The summed E-state index contributed by atoms with van der Waals surface area (Å²) in [7, 11) is -0.0691. The van der Waals surface area contributed by atoms with Crippen molar-refractivity contribution in [1.29, 1.82) is 0 Å². The van der Waals surface area contributed by atoms with Gasteiger partial charge in [-0.15, -0.1) is 0 Å². The maximum Gasteiger partial charge on any atom is 0.410 e. The average Bonchev–Trinajstić information content (AvgIpc) is 3.80. The Hall–Kier alpha value is -4.70. The number of sulfonamides is 1. The minimum Gasteiger partial charge on any atom is -0.495 e. The summed E-state index contributed by atoms with van der Waals surface area (Å²) in [6, 6.07) is 8.29. The van der Waals surface area contributed by atoms with Gasteiger partial charge in [0.2, 0.25) is 0 Å². The molecule has 0 radical (unpaired) electrons. The van der Waals surface area contributed by atoms with Crippen LogP contribution in [0.2, 0.25) is 0 Å². The molecule has 4 aromatic rings. The zero-order valence-electron chi connectivity index (χ0n) is 31.1. The van der Waals surface area contributed by atoms with Gasteiger partial charge in [-0.2, -0.15) is 5.10 Å². The van der Waals surface area contributed by atoms with E-state index in [4.69, 9.17) is 33.3 Å². The van der Waals surface area contributed by atoms with Crippen molar-refractivity contribution >= 4 is 44.4 Å². The maximum absolute atomic E-state index is 14.1. The number of nitrogens with zero attached hydrogens (tertiary/aromatic N) is 4. The van der Waals surface area contributed by atoms with Crippen molar-refractivity contribution in [1.82, 2.24) is 19.8 Å². The molecule has 16 heteroatoms. The number of amides is 1. The number of ether oxygens (including phenoxy) is 5. The van der Waals surface area contributed by atoms with Crippen LogP contribution in [0.3, 0.4) is 0 Å². The monoisotopic (exact) mass is 752 g/mol. The molecule has 2 aromatic heterocycles. The van der Waals surface area contributed by atoms with Crippen LogP contribution in [0.1, 0.15) is 102 Å². The number of fused-ring (bicyclic) bond motifs is 1. The smallest absolute Gasteiger partial charge is 0.410 e. The normalized spacial score (nSPS) is 19.5. The van der Waals surface area contributed by atoms with Gasteiger partial charge in [-0.05, 0) is 95.9 Å². The summed E-state index contributed by atoms with van der Waals surface area (Å²) in [6.45, 7) is 6.69. The fourth-order valence-corrected chi connectivity index (χ4v) is 8.41. The number of hydrogen-bond acceptors (Lipinski definition) is 12. The van der Waals surface area contributed by atoms with E-state index in [2.05, 4.69) is 21.3 Å². The Kier molecular flexibility index (Phi) is 10.1. The first-order valence-corrected chi connectivity index (χ1v) is 19.6. The van der Waals surface area contributed by atoms with Crippen LogP contribution in [0.25, 0.3) is 11.0 Å². The van der Waals surface area contributed by atoms with Gasteiger partial charge in [0.1, 0.15) is 22.8 Å². The number of carbonyl (C=O) groups excluding carboxylic acids is 1. The number of carbonyl (C=O) groups is 1. The first-order valence-electron chi connectivity index (χ1n) is 18.1. The lowest BCUT2D eigenvalue weighted by Crippen LogP contribution is -2.41. The van der Waals surface area contributed by atoms with Crippen LogP contribution in [0.5, 0.6) is 17.2 Å². The molecule has 0 bridgehead atoms. The number of benzene rings is 2. The van der Waals surface area contributed by atoms with E-state index in [0.29, 0.717) is 52.7 Å². The van der Waals surface area contributed by atoms with E-state index in [1.54, 1.807) is 29.2 Å². The predicted octanol–water partition coefficient (Wildman–Crippen LogP) is 7.63. The van der Waals surface area contributed by atoms with E-state index < -0.39 is 21.7 Å². The summed E-state index contributed by atoms with van der Waals surface area (Å²) in [5, 5.41) is 12.7. The minimum absolute atomic E-state index is 0.0436. The van der Waals surface area contributed by atoms with Gasteiger partial charge in [-0.25, -0.2) is 17.9 Å². The zero-order valence-corrected chi connectivity index (χ0v) is 31.9. The molecule has 2 saturated heterocycles. The second-order valence-electron chi connectivity index (χ2n) is 14.7. The number of hydrogen-bond donors (Lipinski definition) is 2. The number of anilines is 3. The van der Waals surface area contributed by atoms with Crippen LogP contribution < -0.4 is 24.2 Å². The largest absolute Gasteiger partial charge is 0.495 e. The molecule has 1 amide bonds. The van der Waals surface area contributed by atoms with Gasteiger partial charge in [0.15, 0.2) is 28.3 Å². The summed E-state index contributed by atoms with van der Waals surface area (Å²) in [5.74, 6) is 1.58. The second kappa shape index (κ2) is 14.6. The van der Waals surface area contributed by atoms with Gasteiger partial charge >= 0.3 is 6.09 Å². The Morgan fingerprint density at radius 2 is 1.62 bits per heavy atom. The van der Waals surface area contributed by atoms with Crippen molar-refractivity contribution in [2.24, 2.45) is 0 Å². The molecular weight excluding hydrogens is 705 g/mol.